The number of unbranched alkanes of at least 4 members (excludes halogenated alkanes) is 8. The zero-order valence-corrected chi connectivity index (χ0v) is 57.9. The van der Waals surface area contributed by atoms with Gasteiger partial charge in [-0.1, -0.05) is 92.2 Å². The van der Waals surface area contributed by atoms with Crippen molar-refractivity contribution in [1.82, 2.24) is 0 Å². The fourth-order valence-corrected chi connectivity index (χ4v) is 11.0. The van der Waals surface area contributed by atoms with Crippen LogP contribution in [0.1, 0.15) is 230 Å². The van der Waals surface area contributed by atoms with Gasteiger partial charge in [0.2, 0.25) is 0 Å². The third kappa shape index (κ3) is 26.5. The van der Waals surface area contributed by atoms with Crippen LogP contribution in [0.3, 0.4) is 0 Å². The maximum absolute atomic E-state index is 14.8. The summed E-state index contributed by atoms with van der Waals surface area (Å²) in [6, 6.07) is 13.8. The largest absolute Gasteiger partial charge is 0.489 e. The molecule has 0 unspecified atom stereocenters. The van der Waals surface area contributed by atoms with Gasteiger partial charge in [-0.15, -0.1) is 0 Å². The van der Waals surface area contributed by atoms with E-state index in [9.17, 15) is 47.9 Å². The number of carbonyl (C=O) groups excluding carboxylic acids is 10. The van der Waals surface area contributed by atoms with Gasteiger partial charge in [0, 0.05) is 110 Å². The zero-order valence-electron chi connectivity index (χ0n) is 57.9. The van der Waals surface area contributed by atoms with Gasteiger partial charge in [0.15, 0.2) is 23.1 Å². The molecule has 0 atom stereocenters. The lowest BCUT2D eigenvalue weighted by Crippen LogP contribution is -2.17. The molecule has 0 radical (unpaired) electrons. The van der Waals surface area contributed by atoms with Crippen molar-refractivity contribution >= 4 is 58.9 Å². The highest BCUT2D eigenvalue weighted by molar-refractivity contribution is 5.99. The molecule has 0 fully saturated rings. The van der Waals surface area contributed by atoms with Crippen molar-refractivity contribution < 1.29 is 95.3 Å². The molecule has 0 aliphatic heterocycles. The van der Waals surface area contributed by atoms with Crippen LogP contribution in [0.5, 0.6) is 23.0 Å². The molecule has 1 aliphatic carbocycles. The molecule has 0 saturated heterocycles. The number of benzene rings is 4. The van der Waals surface area contributed by atoms with Gasteiger partial charge < -0.3 is 47.4 Å². The van der Waals surface area contributed by atoms with Crippen molar-refractivity contribution in [3.63, 3.8) is 0 Å². The van der Waals surface area contributed by atoms with E-state index >= 15 is 0 Å². The van der Waals surface area contributed by atoms with Gasteiger partial charge in [-0.3, -0.25) is 19.2 Å². The van der Waals surface area contributed by atoms with Crippen molar-refractivity contribution in [2.75, 3.05) is 66.1 Å². The summed E-state index contributed by atoms with van der Waals surface area (Å²) in [6.07, 6.45) is 15.1. The molecule has 4 aromatic rings. The maximum Gasteiger partial charge on any atom is 0.331 e. The lowest BCUT2D eigenvalue weighted by Gasteiger charge is -2.25. The van der Waals surface area contributed by atoms with Gasteiger partial charge in [0.05, 0.1) is 13.2 Å². The predicted molar refractivity (Wildman–Crippen MR) is 369 cm³/mol. The third-order valence-corrected chi connectivity index (χ3v) is 15.7. The number of hydrogen-bond acceptors (Lipinski definition) is 20. The second-order valence-corrected chi connectivity index (χ2v) is 23.4. The number of ether oxygens (including phenoxy) is 10. The van der Waals surface area contributed by atoms with Gasteiger partial charge in [-0.05, 0) is 133 Å². The molecule has 0 heterocycles. The van der Waals surface area contributed by atoms with Gasteiger partial charge >= 0.3 is 35.8 Å². The number of Topliss-reactive ketones (excluding diaryl/α,β-unsaturated/α-hetero) is 4. The Balaban J connectivity index is 2.00. The number of fused-ring (bicyclic) bond motifs is 8. The van der Waals surface area contributed by atoms with Crippen molar-refractivity contribution in [1.29, 1.82) is 0 Å². The quantitative estimate of drug-likeness (QED) is 0.0115. The van der Waals surface area contributed by atoms with E-state index in [1.807, 2.05) is 27.7 Å². The highest BCUT2D eigenvalue weighted by Gasteiger charge is 2.28. The zero-order chi connectivity index (χ0) is 71.2. The number of esters is 6. The molecule has 0 saturated carbocycles. The highest BCUT2D eigenvalue weighted by Crippen LogP contribution is 2.42. The Bertz CT molecular complexity index is 3270. The predicted octanol–water partition coefficient (Wildman–Crippen LogP) is 13.7. The molecule has 8 bridgehead atoms. The fourth-order valence-electron chi connectivity index (χ4n) is 11.0. The number of rotatable bonds is 44. The monoisotopic (exact) mass is 1350 g/mol. The van der Waals surface area contributed by atoms with Crippen LogP contribution in [0.2, 0.25) is 0 Å². The molecule has 1 aliphatic rings. The Morgan fingerprint density at radius 3 is 0.694 bits per heavy atom. The van der Waals surface area contributed by atoms with E-state index in [0.29, 0.717) is 92.4 Å². The molecular formula is C78H96O20. The third-order valence-electron chi connectivity index (χ3n) is 15.7. The van der Waals surface area contributed by atoms with Crippen LogP contribution in [0.15, 0.2) is 98.1 Å². The van der Waals surface area contributed by atoms with E-state index in [4.69, 9.17) is 47.4 Å². The minimum atomic E-state index is -0.858. The van der Waals surface area contributed by atoms with Crippen LogP contribution in [0, 0.1) is 0 Å². The molecule has 528 valence electrons. The highest BCUT2D eigenvalue weighted by atomic mass is 16.6. The second kappa shape index (κ2) is 43.7. The van der Waals surface area contributed by atoms with E-state index in [0.717, 1.165) is 87.8 Å². The molecule has 20 heteroatoms. The van der Waals surface area contributed by atoms with Crippen LogP contribution in [0.4, 0.5) is 0 Å². The standard InChI is InChI=1S/C78H96O20/c1-9-17-21-25-65(79)53-41-57-49-58-42-54(66(80)26-22-18-10-2)44-60(76(58)96-38-34-92-70(84)14-6)51-62-46-56(68(82)28-24-20-12-4)48-64(78(62)98-40-36-94-74(88)32-30-72(86)90-16-8)52-63-47-55(67(81)27-23-19-11-3)45-61(50-59(43-53)75(57)95-37-33-91-69(83)13-5)77(63)97-39-35-93-73(87)31-29-71(85)89-15-7/h13-14,29-32,41-48H,5-6,9-12,15-28,33-40,49-52H2,1-4,7-8H3/b31-29-,32-30-. The molecule has 0 spiro atoms. The van der Waals surface area contributed by atoms with Crippen LogP contribution < -0.4 is 18.9 Å². The molecular weight excluding hydrogens is 1260 g/mol. The van der Waals surface area contributed by atoms with Gasteiger partial charge in [-0.2, -0.15) is 0 Å². The molecule has 0 aromatic heterocycles. The van der Waals surface area contributed by atoms with Crippen molar-refractivity contribution in [3.8, 4) is 23.0 Å². The first-order valence-corrected chi connectivity index (χ1v) is 34.3. The fraction of sp³-hybridized carbons (Fsp3) is 0.462. The Labute approximate surface area is 575 Å². The van der Waals surface area contributed by atoms with Crippen LogP contribution in [-0.2, 0) is 82.9 Å². The summed E-state index contributed by atoms with van der Waals surface area (Å²) in [5.74, 6) is -4.32. The van der Waals surface area contributed by atoms with E-state index in [-0.39, 0.29) is 164 Å². The first-order valence-electron chi connectivity index (χ1n) is 34.3. The van der Waals surface area contributed by atoms with E-state index in [1.54, 1.807) is 62.4 Å². The lowest BCUT2D eigenvalue weighted by molar-refractivity contribution is -0.140. The molecule has 4 aromatic carbocycles. The summed E-state index contributed by atoms with van der Waals surface area (Å²) >= 11 is 0. The average Bonchev–Trinajstić information content (AvgIpc) is 0.776. The second-order valence-electron chi connectivity index (χ2n) is 23.4. The van der Waals surface area contributed by atoms with E-state index in [2.05, 4.69) is 13.2 Å². The first kappa shape index (κ1) is 79.2. The summed E-state index contributed by atoms with van der Waals surface area (Å²) in [4.78, 5) is 134. The molecule has 0 N–H and O–H groups in total. The summed E-state index contributed by atoms with van der Waals surface area (Å²) in [5, 5.41) is 0. The van der Waals surface area contributed by atoms with Gasteiger partial charge in [0.25, 0.3) is 0 Å². The Hall–Kier alpha value is -9.46. The summed E-state index contributed by atoms with van der Waals surface area (Å²) in [5.41, 5.74) is 4.71. The molecule has 5 rings (SSSR count). The van der Waals surface area contributed by atoms with E-state index in [1.165, 1.54) is 0 Å². The maximum atomic E-state index is 14.8. The van der Waals surface area contributed by atoms with Crippen LogP contribution >= 0.6 is 0 Å². The topological polar surface area (TPSA) is 263 Å². The molecule has 98 heavy (non-hydrogen) atoms. The molecule has 20 nitrogen and oxygen atoms in total. The van der Waals surface area contributed by atoms with Crippen molar-refractivity contribution in [2.45, 2.75) is 170 Å². The normalized spacial score (nSPS) is 11.7. The van der Waals surface area contributed by atoms with Crippen LogP contribution in [-0.4, -0.2) is 125 Å². The minimum absolute atomic E-state index is 0.0726. The summed E-state index contributed by atoms with van der Waals surface area (Å²) < 4.78 is 59.0. The van der Waals surface area contributed by atoms with E-state index < -0.39 is 35.8 Å². The minimum Gasteiger partial charge on any atom is -0.489 e. The van der Waals surface area contributed by atoms with Crippen LogP contribution in [0.25, 0.3) is 0 Å². The Morgan fingerprint density at radius 2 is 0.500 bits per heavy atom. The van der Waals surface area contributed by atoms with Crippen molar-refractivity contribution in [3.05, 3.63) is 165 Å². The SMILES string of the molecule is C=CC(=O)OCCOc1c2cc(C(=O)CCCCC)cc1Cc1cc(C(=O)CCCCC)cc(c1OCCOC(=O)/C=C\C(=O)OCC)Cc1cc(C(=O)CCCCC)cc(c1OCCOC(=O)/C=C\C(=O)OCC)Cc1cc(C(=O)CCCCC)cc(c1OCCOC(=O)C=C)C2. The number of ketones is 4. The average molecular weight is 1350 g/mol. The lowest BCUT2D eigenvalue weighted by atomic mass is 9.86. The Morgan fingerprint density at radius 1 is 0.296 bits per heavy atom. The number of hydrogen-bond donors (Lipinski definition) is 0. The Kier molecular flexibility index (Phi) is 35.3. The number of carbonyl (C=O) groups is 10. The van der Waals surface area contributed by atoms with Gasteiger partial charge in [-0.25, -0.2) is 28.8 Å². The smallest absolute Gasteiger partial charge is 0.331 e. The first-order chi connectivity index (χ1) is 47.4. The summed E-state index contributed by atoms with van der Waals surface area (Å²) in [6.45, 7) is 16.6. The molecule has 0 amide bonds. The van der Waals surface area contributed by atoms with Gasteiger partial charge in [0.1, 0.15) is 75.9 Å². The van der Waals surface area contributed by atoms with Crippen molar-refractivity contribution in [2.24, 2.45) is 0 Å². The summed E-state index contributed by atoms with van der Waals surface area (Å²) in [7, 11) is 0.